The van der Waals surface area contributed by atoms with E-state index in [4.69, 9.17) is 4.74 Å². The average Bonchev–Trinajstić information content (AvgIpc) is 2.86. The molecule has 3 N–H and O–H groups in total. The van der Waals surface area contributed by atoms with Gasteiger partial charge >= 0.3 is 6.03 Å². The van der Waals surface area contributed by atoms with Gasteiger partial charge < -0.3 is 10.1 Å². The maximum Gasteiger partial charge on any atom is 0.333 e. The Hall–Kier alpha value is -2.79. The molecule has 0 saturated heterocycles. The molecule has 0 unspecified atom stereocenters. The fraction of sp³-hybridized carbons (Fsp3) is 0.552. The van der Waals surface area contributed by atoms with E-state index >= 15 is 0 Å². The van der Waals surface area contributed by atoms with Crippen LogP contribution in [0.5, 0.6) is 5.75 Å². The number of hydrogen-bond donors (Lipinski definition) is 3. The van der Waals surface area contributed by atoms with Gasteiger partial charge in [-0.25, -0.2) is 21.6 Å². The molecule has 40 heavy (non-hydrogen) atoms. The Labute approximate surface area is 240 Å². The van der Waals surface area contributed by atoms with Crippen LogP contribution in [0.3, 0.4) is 0 Å². The van der Waals surface area contributed by atoms with Crippen LogP contribution in [0.1, 0.15) is 77.5 Å². The third-order valence-electron chi connectivity index (χ3n) is 7.52. The smallest absolute Gasteiger partial charge is 0.333 e. The molecule has 0 fully saturated rings. The highest BCUT2D eigenvalue weighted by Crippen LogP contribution is 2.38. The molecule has 0 radical (unpaired) electrons. The van der Waals surface area contributed by atoms with E-state index in [0.29, 0.717) is 25.1 Å². The number of anilines is 1. The van der Waals surface area contributed by atoms with Crippen molar-refractivity contribution in [2.45, 2.75) is 88.3 Å². The number of benzene rings is 2. The van der Waals surface area contributed by atoms with E-state index in [2.05, 4.69) is 69.8 Å². The van der Waals surface area contributed by atoms with Gasteiger partial charge in [-0.2, -0.15) is 0 Å². The van der Waals surface area contributed by atoms with Gasteiger partial charge in [0.25, 0.3) is 0 Å². The Morgan fingerprint density at radius 1 is 0.875 bits per heavy atom. The van der Waals surface area contributed by atoms with Crippen LogP contribution < -0.4 is 20.9 Å². The molecule has 0 spiro atoms. The SMILES string of the molecule is CCC(C)(C)c1ccc(OCCCNC(=O)NNc2cc(S(C)(=O)=O)c(S(C)(=O)=O)cc2C)c(C(C)(C)CC)c1. The first-order valence-corrected chi connectivity index (χ1v) is 17.2. The summed E-state index contributed by atoms with van der Waals surface area (Å²) in [5.41, 5.74) is 8.35. The summed E-state index contributed by atoms with van der Waals surface area (Å²) in [4.78, 5) is 11.7. The van der Waals surface area contributed by atoms with E-state index in [1.54, 1.807) is 6.92 Å². The van der Waals surface area contributed by atoms with Crippen molar-refractivity contribution in [2.24, 2.45) is 0 Å². The van der Waals surface area contributed by atoms with Crippen LogP contribution in [-0.2, 0) is 30.5 Å². The molecule has 0 heterocycles. The van der Waals surface area contributed by atoms with Gasteiger partial charge in [-0.15, -0.1) is 0 Å². The fourth-order valence-electron chi connectivity index (χ4n) is 4.00. The highest BCUT2D eigenvalue weighted by atomic mass is 32.2. The number of hydrogen-bond acceptors (Lipinski definition) is 7. The Morgan fingerprint density at radius 2 is 1.45 bits per heavy atom. The predicted molar refractivity (Wildman–Crippen MR) is 161 cm³/mol. The molecule has 2 aromatic carbocycles. The van der Waals surface area contributed by atoms with E-state index in [0.717, 1.165) is 31.1 Å². The number of nitrogens with one attached hydrogen (secondary N) is 3. The molecule has 11 heteroatoms. The first-order valence-electron chi connectivity index (χ1n) is 13.5. The summed E-state index contributed by atoms with van der Waals surface area (Å²) in [6.45, 7) is 15.7. The highest BCUT2D eigenvalue weighted by Gasteiger charge is 2.27. The molecule has 0 saturated carbocycles. The second kappa shape index (κ2) is 12.8. The van der Waals surface area contributed by atoms with Gasteiger partial charge in [-0.1, -0.05) is 53.7 Å². The Balaban J connectivity index is 1.99. The number of amides is 2. The summed E-state index contributed by atoms with van der Waals surface area (Å²) in [6, 6.07) is 8.40. The van der Waals surface area contributed by atoms with Gasteiger partial charge in [0.05, 0.1) is 22.1 Å². The topological polar surface area (TPSA) is 131 Å². The number of aryl methyl sites for hydroxylation is 1. The van der Waals surface area contributed by atoms with Crippen LogP contribution in [0.4, 0.5) is 10.5 Å². The summed E-state index contributed by atoms with van der Waals surface area (Å²) in [6.07, 6.45) is 4.46. The number of ether oxygens (including phenoxy) is 1. The summed E-state index contributed by atoms with van der Waals surface area (Å²) in [5, 5.41) is 2.73. The third-order valence-corrected chi connectivity index (χ3v) is 9.93. The monoisotopic (exact) mass is 595 g/mol. The molecule has 2 aromatic rings. The zero-order valence-electron chi connectivity index (χ0n) is 25.2. The largest absolute Gasteiger partial charge is 0.493 e. The lowest BCUT2D eigenvalue weighted by Crippen LogP contribution is -2.40. The summed E-state index contributed by atoms with van der Waals surface area (Å²) < 4.78 is 54.6. The number of hydrazine groups is 1. The van der Waals surface area contributed by atoms with Gasteiger partial charge in [0.2, 0.25) is 0 Å². The summed E-state index contributed by atoms with van der Waals surface area (Å²) in [5.74, 6) is 0.850. The second-order valence-electron chi connectivity index (χ2n) is 11.6. The van der Waals surface area contributed by atoms with Crippen molar-refractivity contribution in [2.75, 3.05) is 31.1 Å². The van der Waals surface area contributed by atoms with Crippen LogP contribution in [0.25, 0.3) is 0 Å². The van der Waals surface area contributed by atoms with Crippen LogP contribution >= 0.6 is 0 Å². The van der Waals surface area contributed by atoms with Gasteiger partial charge in [-0.05, 0) is 66.3 Å². The van der Waals surface area contributed by atoms with E-state index in [9.17, 15) is 21.6 Å². The van der Waals surface area contributed by atoms with E-state index < -0.39 is 25.7 Å². The van der Waals surface area contributed by atoms with Crippen molar-refractivity contribution < 1.29 is 26.4 Å². The molecule has 2 amide bonds. The molecule has 2 rings (SSSR count). The first-order chi connectivity index (χ1) is 18.3. The summed E-state index contributed by atoms with van der Waals surface area (Å²) in [7, 11) is -7.59. The lowest BCUT2D eigenvalue weighted by atomic mass is 9.76. The average molecular weight is 596 g/mol. The molecule has 0 aromatic heterocycles. The van der Waals surface area contributed by atoms with Crippen LogP contribution in [0, 0.1) is 6.92 Å². The number of sulfone groups is 2. The zero-order valence-corrected chi connectivity index (χ0v) is 26.8. The molecule has 0 aliphatic rings. The molecular formula is C29H45N3O6S2. The maximum atomic E-state index is 12.3. The van der Waals surface area contributed by atoms with Gasteiger partial charge in [0.15, 0.2) is 19.7 Å². The van der Waals surface area contributed by atoms with Gasteiger partial charge in [0, 0.05) is 24.6 Å². The lowest BCUT2D eigenvalue weighted by molar-refractivity contribution is 0.240. The number of rotatable bonds is 13. The Bertz CT molecular complexity index is 1430. The number of carbonyl (C=O) groups is 1. The maximum absolute atomic E-state index is 12.3. The Kier molecular flexibility index (Phi) is 10.7. The van der Waals surface area contributed by atoms with Crippen molar-refractivity contribution in [3.05, 3.63) is 47.0 Å². The molecule has 224 valence electrons. The van der Waals surface area contributed by atoms with Gasteiger partial charge in [-0.3, -0.25) is 10.9 Å². The van der Waals surface area contributed by atoms with Crippen molar-refractivity contribution in [1.82, 2.24) is 10.7 Å². The third kappa shape index (κ3) is 8.60. The van der Waals surface area contributed by atoms with Crippen LogP contribution in [0.2, 0.25) is 0 Å². The minimum Gasteiger partial charge on any atom is -0.493 e. The minimum atomic E-state index is -3.82. The molecular weight excluding hydrogens is 550 g/mol. The minimum absolute atomic E-state index is 0.0480. The van der Waals surface area contributed by atoms with Crippen molar-refractivity contribution in [3.63, 3.8) is 0 Å². The first kappa shape index (κ1) is 33.4. The molecule has 9 nitrogen and oxygen atoms in total. The van der Waals surface area contributed by atoms with E-state index in [-0.39, 0.29) is 26.3 Å². The van der Waals surface area contributed by atoms with E-state index in [1.165, 1.54) is 23.3 Å². The van der Waals surface area contributed by atoms with Crippen molar-refractivity contribution in [3.8, 4) is 5.75 Å². The molecule has 0 atom stereocenters. The second-order valence-corrected chi connectivity index (χ2v) is 15.5. The standard InChI is InChI=1S/C29H45N3O6S2/c1-10-28(4,5)21-13-14-24(22(18-21)29(6,7)11-2)38-16-12-15-30-27(33)32-31-23-19-26(40(9,36)37)25(17-20(23)3)39(8,34)35/h13-14,17-19,31H,10-12,15-16H2,1-9H3,(H2,30,32,33). The molecule has 0 aliphatic carbocycles. The normalized spacial score (nSPS) is 12.6. The predicted octanol–water partition coefficient (Wildman–Crippen LogP) is 5.27. The fourth-order valence-corrected chi connectivity index (χ4v) is 6.48. The molecule has 0 aliphatic heterocycles. The van der Waals surface area contributed by atoms with E-state index in [1.807, 2.05) is 6.07 Å². The Morgan fingerprint density at radius 3 is 2.00 bits per heavy atom. The zero-order chi connectivity index (χ0) is 30.5. The van der Waals surface area contributed by atoms with Crippen LogP contribution in [-0.4, -0.2) is 48.5 Å². The number of carbonyl (C=O) groups excluding carboxylic acids is 1. The van der Waals surface area contributed by atoms with Gasteiger partial charge in [0.1, 0.15) is 5.75 Å². The number of urea groups is 1. The van der Waals surface area contributed by atoms with Crippen LogP contribution in [0.15, 0.2) is 40.1 Å². The molecule has 0 bridgehead atoms. The lowest BCUT2D eigenvalue weighted by Gasteiger charge is -2.30. The quantitative estimate of drug-likeness (QED) is 0.212. The van der Waals surface area contributed by atoms with Crippen molar-refractivity contribution in [1.29, 1.82) is 0 Å². The summed E-state index contributed by atoms with van der Waals surface area (Å²) >= 11 is 0. The highest BCUT2D eigenvalue weighted by molar-refractivity contribution is 7.93. The van der Waals surface area contributed by atoms with Crippen molar-refractivity contribution >= 4 is 31.4 Å².